The van der Waals surface area contributed by atoms with Crippen molar-refractivity contribution in [2.75, 3.05) is 4.72 Å². The van der Waals surface area contributed by atoms with Crippen LogP contribution in [0.1, 0.15) is 16.1 Å². The largest absolute Gasteiger partial charge is 0.478 e. The summed E-state index contributed by atoms with van der Waals surface area (Å²) in [6.45, 7) is 0. The molecule has 2 rings (SSSR count). The average molecular weight is 303 g/mol. The van der Waals surface area contributed by atoms with Gasteiger partial charge in [0.05, 0.1) is 5.56 Å². The maximum absolute atomic E-state index is 12.1. The van der Waals surface area contributed by atoms with Crippen LogP contribution in [0.15, 0.2) is 47.5 Å². The van der Waals surface area contributed by atoms with Gasteiger partial charge in [-0.05, 0) is 36.4 Å². The second-order valence-corrected chi connectivity index (χ2v) is 5.66. The predicted molar refractivity (Wildman–Crippen MR) is 73.2 cm³/mol. The molecule has 2 N–H and O–H groups in total. The van der Waals surface area contributed by atoms with Gasteiger partial charge in [0, 0.05) is 11.9 Å². The summed E-state index contributed by atoms with van der Waals surface area (Å²) >= 11 is 0. The summed E-state index contributed by atoms with van der Waals surface area (Å²) in [5.41, 5.74) is 0.391. The van der Waals surface area contributed by atoms with Gasteiger partial charge in [-0.25, -0.2) is 18.2 Å². The van der Waals surface area contributed by atoms with Crippen molar-refractivity contribution in [1.82, 2.24) is 4.98 Å². The molecule has 0 aliphatic heterocycles. The lowest BCUT2D eigenvalue weighted by Crippen LogP contribution is -2.13. The van der Waals surface area contributed by atoms with E-state index in [1.165, 1.54) is 36.4 Å². The maximum atomic E-state index is 12.1. The fourth-order valence-electron chi connectivity index (χ4n) is 1.50. The van der Waals surface area contributed by atoms with E-state index in [9.17, 15) is 13.2 Å². The number of hydrogen-bond donors (Lipinski definition) is 2. The number of aromatic nitrogens is 1. The van der Waals surface area contributed by atoms with Crippen molar-refractivity contribution in [3.05, 3.63) is 53.9 Å². The van der Waals surface area contributed by atoms with Crippen LogP contribution < -0.4 is 4.72 Å². The minimum Gasteiger partial charge on any atom is -0.478 e. The zero-order valence-electron chi connectivity index (χ0n) is 10.5. The van der Waals surface area contributed by atoms with Crippen molar-refractivity contribution < 1.29 is 18.3 Å². The molecule has 0 saturated carbocycles. The minimum atomic E-state index is -3.84. The number of carboxylic acids is 1. The van der Waals surface area contributed by atoms with Crippen LogP contribution in [-0.2, 0) is 10.0 Å². The lowest BCUT2D eigenvalue weighted by atomic mass is 10.2. The highest BCUT2D eigenvalue weighted by atomic mass is 32.2. The maximum Gasteiger partial charge on any atom is 0.335 e. The van der Waals surface area contributed by atoms with Crippen molar-refractivity contribution in [1.29, 1.82) is 5.26 Å². The van der Waals surface area contributed by atoms with Crippen LogP contribution in [0.25, 0.3) is 0 Å². The third-order valence-electron chi connectivity index (χ3n) is 2.55. The molecule has 1 aromatic heterocycles. The summed E-state index contributed by atoms with van der Waals surface area (Å²) < 4.78 is 26.4. The number of nitrogens with zero attached hydrogens (tertiary/aromatic N) is 2. The fourth-order valence-corrected chi connectivity index (χ4v) is 2.50. The second-order valence-electron chi connectivity index (χ2n) is 3.98. The molecule has 0 fully saturated rings. The van der Waals surface area contributed by atoms with Crippen LogP contribution in [-0.4, -0.2) is 24.5 Å². The number of carboxylic acid groups (broad SMARTS) is 1. The standard InChI is InChI=1S/C13H9N3O4S/c14-7-11-5-6-12(8-15-11)21(19,20)16-10-3-1-9(2-4-10)13(17)18/h1-6,8,16H,(H,17,18). The Labute approximate surface area is 120 Å². The Balaban J connectivity index is 2.24. The van der Waals surface area contributed by atoms with Crippen LogP contribution in [0, 0.1) is 11.3 Å². The Hall–Kier alpha value is -2.92. The molecule has 0 aliphatic carbocycles. The summed E-state index contributed by atoms with van der Waals surface area (Å²) in [6, 6.07) is 9.62. The summed E-state index contributed by atoms with van der Waals surface area (Å²) in [4.78, 5) is 14.3. The van der Waals surface area contributed by atoms with Gasteiger partial charge in [0.2, 0.25) is 0 Å². The number of nitrogens with one attached hydrogen (secondary N) is 1. The van der Waals surface area contributed by atoms with Crippen LogP contribution >= 0.6 is 0 Å². The number of anilines is 1. The summed E-state index contributed by atoms with van der Waals surface area (Å²) in [5.74, 6) is -1.10. The van der Waals surface area contributed by atoms with Gasteiger partial charge < -0.3 is 5.11 Å². The monoisotopic (exact) mass is 303 g/mol. The van der Waals surface area contributed by atoms with Crippen molar-refractivity contribution in [3.8, 4) is 6.07 Å². The Kier molecular flexibility index (Phi) is 3.86. The Bertz CT molecular complexity index is 806. The van der Waals surface area contributed by atoms with Crippen LogP contribution in [0.3, 0.4) is 0 Å². The van der Waals surface area contributed by atoms with Crippen LogP contribution in [0.2, 0.25) is 0 Å². The van der Waals surface area contributed by atoms with Crippen LogP contribution in [0.4, 0.5) is 5.69 Å². The van der Waals surface area contributed by atoms with Gasteiger partial charge in [0.25, 0.3) is 10.0 Å². The van der Waals surface area contributed by atoms with E-state index in [0.717, 1.165) is 6.20 Å². The molecule has 0 bridgehead atoms. The molecule has 0 unspecified atom stereocenters. The first-order valence-electron chi connectivity index (χ1n) is 5.65. The number of rotatable bonds is 4. The van der Waals surface area contributed by atoms with E-state index < -0.39 is 16.0 Å². The number of pyridine rings is 1. The van der Waals surface area contributed by atoms with Gasteiger partial charge in [0.15, 0.2) is 0 Å². The third-order valence-corrected chi connectivity index (χ3v) is 3.91. The molecule has 2 aromatic rings. The average Bonchev–Trinajstić information content (AvgIpc) is 2.47. The molecule has 0 amide bonds. The number of aromatic carboxylic acids is 1. The molecule has 0 spiro atoms. The smallest absolute Gasteiger partial charge is 0.335 e. The highest BCUT2D eigenvalue weighted by Gasteiger charge is 2.15. The van der Waals surface area contributed by atoms with E-state index in [2.05, 4.69) is 9.71 Å². The van der Waals surface area contributed by atoms with Gasteiger partial charge in [-0.3, -0.25) is 4.72 Å². The number of hydrogen-bond acceptors (Lipinski definition) is 5. The Morgan fingerprint density at radius 3 is 2.33 bits per heavy atom. The van der Waals surface area contributed by atoms with E-state index in [4.69, 9.17) is 10.4 Å². The topological polar surface area (TPSA) is 120 Å². The van der Waals surface area contributed by atoms with Gasteiger partial charge in [-0.15, -0.1) is 0 Å². The first-order valence-corrected chi connectivity index (χ1v) is 7.13. The van der Waals surface area contributed by atoms with Gasteiger partial charge in [0.1, 0.15) is 16.7 Å². The van der Waals surface area contributed by atoms with Crippen molar-refractivity contribution in [2.45, 2.75) is 4.90 Å². The summed E-state index contributed by atoms with van der Waals surface area (Å²) in [6.07, 6.45) is 1.08. The number of sulfonamides is 1. The number of benzene rings is 1. The van der Waals surface area contributed by atoms with Crippen molar-refractivity contribution >= 4 is 21.7 Å². The number of carbonyl (C=O) groups is 1. The molecule has 1 heterocycles. The first-order chi connectivity index (χ1) is 9.92. The molecular weight excluding hydrogens is 294 g/mol. The van der Waals surface area contributed by atoms with E-state index in [0.29, 0.717) is 0 Å². The molecule has 0 aliphatic rings. The zero-order valence-corrected chi connectivity index (χ0v) is 11.3. The van der Waals surface area contributed by atoms with Crippen molar-refractivity contribution in [2.24, 2.45) is 0 Å². The van der Waals surface area contributed by atoms with Gasteiger partial charge in [-0.1, -0.05) is 0 Å². The van der Waals surface area contributed by atoms with Gasteiger partial charge in [-0.2, -0.15) is 5.26 Å². The highest BCUT2D eigenvalue weighted by Crippen LogP contribution is 2.16. The van der Waals surface area contributed by atoms with Gasteiger partial charge >= 0.3 is 5.97 Å². The molecule has 0 atom stereocenters. The fraction of sp³-hybridized carbons (Fsp3) is 0. The van der Waals surface area contributed by atoms with E-state index >= 15 is 0 Å². The minimum absolute atomic E-state index is 0.0537. The summed E-state index contributed by atoms with van der Waals surface area (Å²) in [7, 11) is -3.84. The summed E-state index contributed by atoms with van der Waals surface area (Å²) in [5, 5.41) is 17.4. The normalized spacial score (nSPS) is 10.6. The highest BCUT2D eigenvalue weighted by molar-refractivity contribution is 7.92. The van der Waals surface area contributed by atoms with E-state index in [1.807, 2.05) is 0 Å². The third kappa shape index (κ3) is 3.34. The predicted octanol–water partition coefficient (Wildman–Crippen LogP) is 1.45. The van der Waals surface area contributed by atoms with E-state index in [-0.39, 0.29) is 21.8 Å². The van der Waals surface area contributed by atoms with Crippen molar-refractivity contribution in [3.63, 3.8) is 0 Å². The molecule has 106 valence electrons. The molecular formula is C13H9N3O4S. The molecule has 21 heavy (non-hydrogen) atoms. The molecule has 7 nitrogen and oxygen atoms in total. The first kappa shape index (κ1) is 14.5. The number of nitriles is 1. The zero-order chi connectivity index (χ0) is 15.5. The lowest BCUT2D eigenvalue weighted by molar-refractivity contribution is 0.0697. The Morgan fingerprint density at radius 1 is 1.19 bits per heavy atom. The Morgan fingerprint density at radius 2 is 1.86 bits per heavy atom. The molecule has 1 aromatic carbocycles. The molecule has 0 radical (unpaired) electrons. The quantitative estimate of drug-likeness (QED) is 0.882. The van der Waals surface area contributed by atoms with E-state index in [1.54, 1.807) is 6.07 Å². The second kappa shape index (κ2) is 5.60. The molecule has 8 heteroatoms. The molecule has 0 saturated heterocycles. The van der Waals surface area contributed by atoms with Crippen LogP contribution in [0.5, 0.6) is 0 Å². The SMILES string of the molecule is N#Cc1ccc(S(=O)(=O)Nc2ccc(C(=O)O)cc2)cn1. The lowest BCUT2D eigenvalue weighted by Gasteiger charge is -2.07.